The number of hydrogen-bond donors (Lipinski definition) is 1. The van der Waals surface area contributed by atoms with Crippen LogP contribution in [0, 0.1) is 6.92 Å². The molecule has 29 heavy (non-hydrogen) atoms. The number of nitrogens with zero attached hydrogens (tertiary/aromatic N) is 1. The van der Waals surface area contributed by atoms with Crippen molar-refractivity contribution in [1.82, 2.24) is 4.90 Å². The van der Waals surface area contributed by atoms with Gasteiger partial charge in [0, 0.05) is 13.1 Å². The summed E-state index contributed by atoms with van der Waals surface area (Å²) >= 11 is 0. The fourth-order valence-electron chi connectivity index (χ4n) is 2.47. The summed E-state index contributed by atoms with van der Waals surface area (Å²) in [5.41, 5.74) is 6.96. The Bertz CT molecular complexity index is 879. The topological polar surface area (TPSA) is 91.1 Å². The number of benzene rings is 2. The van der Waals surface area contributed by atoms with Gasteiger partial charge in [0.15, 0.2) is 18.1 Å². The van der Waals surface area contributed by atoms with Crippen LogP contribution in [0.4, 0.5) is 0 Å². The number of primary amides is 1. The van der Waals surface area contributed by atoms with Gasteiger partial charge in [0.2, 0.25) is 5.91 Å². The molecular weight excluding hydrogens is 372 g/mol. The van der Waals surface area contributed by atoms with Crippen LogP contribution in [0.3, 0.4) is 0 Å². The number of ether oxygens (including phenoxy) is 3. The van der Waals surface area contributed by atoms with Gasteiger partial charge < -0.3 is 24.8 Å². The minimum atomic E-state index is -0.573. The van der Waals surface area contributed by atoms with Crippen LogP contribution in [-0.2, 0) is 9.59 Å². The van der Waals surface area contributed by atoms with E-state index in [1.165, 1.54) is 13.2 Å². The fraction of sp³-hybridized carbons (Fsp3) is 0.273. The molecule has 0 fully saturated rings. The number of carbonyl (C=O) groups is 2. The molecule has 0 spiro atoms. The standard InChI is InChI=1S/C22H26N2O5/c1-16-5-4-6-18(13-16)28-12-11-24(2)22(26)10-8-17-7-9-19(20(14-17)27-3)29-15-21(23)25/h4-10,13-14H,11-12,15H2,1-3H3,(H2,23,25)/b10-8+. The summed E-state index contributed by atoms with van der Waals surface area (Å²) < 4.78 is 16.2. The van der Waals surface area contributed by atoms with Gasteiger partial charge in [0.1, 0.15) is 12.4 Å². The molecule has 0 unspecified atom stereocenters. The van der Waals surface area contributed by atoms with Gasteiger partial charge in [-0.25, -0.2) is 0 Å². The Morgan fingerprint density at radius 3 is 2.59 bits per heavy atom. The summed E-state index contributed by atoms with van der Waals surface area (Å²) in [4.78, 5) is 24.7. The van der Waals surface area contributed by atoms with Crippen LogP contribution in [0.15, 0.2) is 48.5 Å². The number of aryl methyl sites for hydroxylation is 1. The first-order chi connectivity index (χ1) is 13.9. The molecule has 0 aromatic heterocycles. The fourth-order valence-corrected chi connectivity index (χ4v) is 2.47. The second kappa shape index (κ2) is 10.8. The summed E-state index contributed by atoms with van der Waals surface area (Å²) in [7, 11) is 3.21. The predicted molar refractivity (Wildman–Crippen MR) is 111 cm³/mol. The molecule has 0 atom stereocenters. The van der Waals surface area contributed by atoms with Crippen molar-refractivity contribution in [2.45, 2.75) is 6.92 Å². The number of methoxy groups -OCH3 is 1. The number of amides is 2. The zero-order valence-corrected chi connectivity index (χ0v) is 16.9. The molecule has 0 radical (unpaired) electrons. The summed E-state index contributed by atoms with van der Waals surface area (Å²) in [5, 5.41) is 0. The highest BCUT2D eigenvalue weighted by molar-refractivity contribution is 5.91. The van der Waals surface area contributed by atoms with Gasteiger partial charge in [-0.3, -0.25) is 9.59 Å². The van der Waals surface area contributed by atoms with E-state index in [1.54, 1.807) is 36.2 Å². The highest BCUT2D eigenvalue weighted by atomic mass is 16.5. The van der Waals surface area contributed by atoms with Gasteiger partial charge in [-0.15, -0.1) is 0 Å². The molecule has 0 aliphatic heterocycles. The number of likely N-dealkylation sites (N-methyl/N-ethyl adjacent to an activating group) is 1. The highest BCUT2D eigenvalue weighted by Gasteiger charge is 2.08. The van der Waals surface area contributed by atoms with E-state index in [9.17, 15) is 9.59 Å². The van der Waals surface area contributed by atoms with E-state index in [0.717, 1.165) is 16.9 Å². The monoisotopic (exact) mass is 398 g/mol. The van der Waals surface area contributed by atoms with Crippen molar-refractivity contribution < 1.29 is 23.8 Å². The maximum atomic E-state index is 12.3. The lowest BCUT2D eigenvalue weighted by Crippen LogP contribution is -2.29. The second-order valence-corrected chi connectivity index (χ2v) is 6.42. The summed E-state index contributed by atoms with van der Waals surface area (Å²) in [5.74, 6) is 0.912. The van der Waals surface area contributed by atoms with Gasteiger partial charge in [0.05, 0.1) is 13.7 Å². The van der Waals surface area contributed by atoms with E-state index in [0.29, 0.717) is 24.7 Å². The van der Waals surface area contributed by atoms with Gasteiger partial charge in [0.25, 0.3) is 5.91 Å². The first-order valence-electron chi connectivity index (χ1n) is 9.11. The van der Waals surface area contributed by atoms with E-state index >= 15 is 0 Å². The van der Waals surface area contributed by atoms with E-state index in [1.807, 2.05) is 31.2 Å². The normalized spacial score (nSPS) is 10.6. The van der Waals surface area contributed by atoms with Crippen molar-refractivity contribution in [3.63, 3.8) is 0 Å². The smallest absolute Gasteiger partial charge is 0.255 e. The molecule has 7 heteroatoms. The molecule has 154 valence electrons. The Labute approximate surface area is 170 Å². The molecule has 2 aromatic rings. The minimum Gasteiger partial charge on any atom is -0.493 e. The highest BCUT2D eigenvalue weighted by Crippen LogP contribution is 2.28. The predicted octanol–water partition coefficient (Wildman–Crippen LogP) is 2.42. The van der Waals surface area contributed by atoms with Crippen LogP contribution in [0.25, 0.3) is 6.08 Å². The Kier molecular flexibility index (Phi) is 8.09. The lowest BCUT2D eigenvalue weighted by atomic mass is 10.2. The molecular formula is C22H26N2O5. The van der Waals surface area contributed by atoms with Crippen LogP contribution < -0.4 is 19.9 Å². The molecule has 0 saturated heterocycles. The van der Waals surface area contributed by atoms with Crippen LogP contribution in [-0.4, -0.2) is 50.6 Å². The average molecular weight is 398 g/mol. The van der Waals surface area contributed by atoms with Crippen molar-refractivity contribution in [2.24, 2.45) is 5.73 Å². The largest absolute Gasteiger partial charge is 0.493 e. The van der Waals surface area contributed by atoms with Crippen molar-refractivity contribution in [1.29, 1.82) is 0 Å². The summed E-state index contributed by atoms with van der Waals surface area (Å²) in [6.45, 7) is 2.62. The maximum absolute atomic E-state index is 12.3. The first kappa shape index (κ1) is 21.8. The van der Waals surface area contributed by atoms with Crippen molar-refractivity contribution in [3.8, 4) is 17.2 Å². The molecule has 0 saturated carbocycles. The number of hydrogen-bond acceptors (Lipinski definition) is 5. The van der Waals surface area contributed by atoms with Gasteiger partial charge in [-0.1, -0.05) is 18.2 Å². The molecule has 7 nitrogen and oxygen atoms in total. The van der Waals surface area contributed by atoms with Crippen LogP contribution in [0.2, 0.25) is 0 Å². The van der Waals surface area contributed by atoms with Gasteiger partial charge in [-0.05, 0) is 48.4 Å². The Morgan fingerprint density at radius 2 is 1.90 bits per heavy atom. The lowest BCUT2D eigenvalue weighted by Gasteiger charge is -2.16. The number of nitrogens with two attached hydrogens (primary N) is 1. The Morgan fingerprint density at radius 1 is 1.10 bits per heavy atom. The summed E-state index contributed by atoms with van der Waals surface area (Å²) in [6.07, 6.45) is 3.16. The lowest BCUT2D eigenvalue weighted by molar-refractivity contribution is -0.125. The summed E-state index contributed by atoms with van der Waals surface area (Å²) in [6, 6.07) is 12.9. The number of rotatable bonds is 10. The third kappa shape index (κ3) is 7.21. The Balaban J connectivity index is 1.89. The molecule has 2 aromatic carbocycles. The van der Waals surface area contributed by atoms with E-state index < -0.39 is 5.91 Å². The van der Waals surface area contributed by atoms with Crippen molar-refractivity contribution in [3.05, 3.63) is 59.7 Å². The molecule has 0 aliphatic rings. The SMILES string of the molecule is COc1cc(/C=C/C(=O)N(C)CCOc2cccc(C)c2)ccc1OCC(N)=O. The first-order valence-corrected chi connectivity index (χ1v) is 9.11. The molecule has 2 rings (SSSR count). The van der Waals surface area contributed by atoms with Crippen LogP contribution in [0.1, 0.15) is 11.1 Å². The molecule has 0 heterocycles. The Hall–Kier alpha value is -3.48. The quantitative estimate of drug-likeness (QED) is 0.621. The van der Waals surface area contributed by atoms with Gasteiger partial charge >= 0.3 is 0 Å². The van der Waals surface area contributed by atoms with Crippen molar-refractivity contribution in [2.75, 3.05) is 33.9 Å². The van der Waals surface area contributed by atoms with Crippen LogP contribution in [0.5, 0.6) is 17.2 Å². The zero-order valence-electron chi connectivity index (χ0n) is 16.9. The maximum Gasteiger partial charge on any atom is 0.255 e. The molecule has 2 amide bonds. The van der Waals surface area contributed by atoms with E-state index in [2.05, 4.69) is 0 Å². The minimum absolute atomic E-state index is 0.147. The number of carbonyl (C=O) groups excluding carboxylic acids is 2. The zero-order chi connectivity index (χ0) is 21.2. The second-order valence-electron chi connectivity index (χ2n) is 6.42. The van der Waals surface area contributed by atoms with Crippen LogP contribution >= 0.6 is 0 Å². The van der Waals surface area contributed by atoms with Crippen molar-refractivity contribution >= 4 is 17.9 Å². The van der Waals surface area contributed by atoms with E-state index in [-0.39, 0.29) is 12.5 Å². The molecule has 0 bridgehead atoms. The average Bonchev–Trinajstić information content (AvgIpc) is 2.70. The molecule has 2 N–H and O–H groups in total. The van der Waals surface area contributed by atoms with Gasteiger partial charge in [-0.2, -0.15) is 0 Å². The third-order valence-corrected chi connectivity index (χ3v) is 4.04. The molecule has 0 aliphatic carbocycles. The third-order valence-electron chi connectivity index (χ3n) is 4.04. The van der Waals surface area contributed by atoms with E-state index in [4.69, 9.17) is 19.9 Å².